The van der Waals surface area contributed by atoms with Gasteiger partial charge in [0.25, 0.3) is 17.5 Å². The van der Waals surface area contributed by atoms with Crippen LogP contribution in [0.1, 0.15) is 24.3 Å². The van der Waals surface area contributed by atoms with Gasteiger partial charge in [0, 0.05) is 28.6 Å². The largest absolute Gasteiger partial charge is 0.508 e. The Bertz CT molecular complexity index is 1920. The zero-order chi connectivity index (χ0) is 32.9. The first kappa shape index (κ1) is 30.3. The molecule has 7 rings (SSSR count). The van der Waals surface area contributed by atoms with Crippen LogP contribution in [-0.2, 0) is 19.2 Å². The zero-order valence-corrected chi connectivity index (χ0v) is 25.7. The van der Waals surface area contributed by atoms with Gasteiger partial charge in [0.2, 0.25) is 11.8 Å². The van der Waals surface area contributed by atoms with Gasteiger partial charge in [-0.1, -0.05) is 23.3 Å². The maximum absolute atomic E-state index is 14.3. The molecule has 3 fully saturated rings. The molecule has 46 heavy (non-hydrogen) atoms. The van der Waals surface area contributed by atoms with E-state index in [9.17, 15) is 38.8 Å². The summed E-state index contributed by atoms with van der Waals surface area (Å²) < 4.78 is 13.8. The average molecular weight is 685 g/mol. The normalized spacial score (nSPS) is 30.2. The van der Waals surface area contributed by atoms with Gasteiger partial charge in [0.1, 0.15) is 11.6 Å². The minimum atomic E-state index is -2.24. The fourth-order valence-corrected chi connectivity index (χ4v) is 8.59. The number of allylic oxidation sites excluding steroid dienone is 2. The lowest BCUT2D eigenvalue weighted by molar-refractivity contribution is -0.384. The van der Waals surface area contributed by atoms with Crippen molar-refractivity contribution in [2.24, 2.45) is 17.8 Å². The number of anilines is 2. The molecule has 6 atom stereocenters. The van der Waals surface area contributed by atoms with Crippen molar-refractivity contribution in [3.63, 3.8) is 0 Å². The maximum atomic E-state index is 14.3. The van der Waals surface area contributed by atoms with E-state index in [1.54, 1.807) is 6.08 Å². The topological polar surface area (TPSA) is 138 Å². The first-order valence-corrected chi connectivity index (χ1v) is 15.3. The number of amides is 4. The molecule has 4 aliphatic rings. The van der Waals surface area contributed by atoms with Crippen molar-refractivity contribution in [1.29, 1.82) is 0 Å². The Morgan fingerprint density at radius 1 is 0.870 bits per heavy atom. The molecule has 2 saturated heterocycles. The first-order valence-electron chi connectivity index (χ1n) is 14.1. The van der Waals surface area contributed by atoms with Gasteiger partial charge < -0.3 is 5.11 Å². The number of benzene rings is 3. The third-order valence-corrected chi connectivity index (χ3v) is 11.2. The predicted octanol–water partition coefficient (Wildman–Crippen LogP) is 5.86. The van der Waals surface area contributed by atoms with E-state index in [1.807, 2.05) is 0 Å². The molecule has 0 unspecified atom stereocenters. The highest BCUT2D eigenvalue weighted by molar-refractivity contribution is 6.58. The minimum absolute atomic E-state index is 0.0196. The van der Waals surface area contributed by atoms with Crippen molar-refractivity contribution in [3.05, 3.63) is 105 Å². The number of carbonyl (C=O) groups is 4. The number of hydrogen-bond donors (Lipinski definition) is 1. The molecule has 0 bridgehead atoms. The van der Waals surface area contributed by atoms with Crippen LogP contribution in [-0.4, -0.2) is 43.4 Å². The number of hydrogen-bond acceptors (Lipinski definition) is 7. The van der Waals surface area contributed by atoms with E-state index in [2.05, 4.69) is 0 Å². The maximum Gasteiger partial charge on any atom is 0.269 e. The Morgan fingerprint density at radius 2 is 1.50 bits per heavy atom. The van der Waals surface area contributed by atoms with Crippen LogP contribution < -0.4 is 9.80 Å². The number of halogens is 4. The van der Waals surface area contributed by atoms with Crippen LogP contribution in [0.25, 0.3) is 0 Å². The van der Waals surface area contributed by atoms with Crippen LogP contribution in [0.3, 0.4) is 0 Å². The molecule has 0 aromatic heterocycles. The Morgan fingerprint density at radius 3 is 2.15 bits per heavy atom. The van der Waals surface area contributed by atoms with E-state index in [-0.39, 0.29) is 46.2 Å². The number of phenols is 1. The number of aromatic hydroxyl groups is 1. The molecule has 0 spiro atoms. The summed E-state index contributed by atoms with van der Waals surface area (Å²) in [4.78, 5) is 64.3. The predicted molar refractivity (Wildman–Crippen MR) is 165 cm³/mol. The highest BCUT2D eigenvalue weighted by Crippen LogP contribution is 2.66. The molecule has 3 aromatic rings. The number of alkyl halides is 2. The summed E-state index contributed by atoms with van der Waals surface area (Å²) in [6.07, 6.45) is 1.44. The van der Waals surface area contributed by atoms with Gasteiger partial charge in [0.15, 0.2) is 9.75 Å². The van der Waals surface area contributed by atoms with E-state index >= 15 is 0 Å². The van der Waals surface area contributed by atoms with E-state index in [0.717, 1.165) is 21.9 Å². The molecule has 10 nitrogen and oxygen atoms in total. The number of rotatable bonds is 4. The second-order valence-corrected chi connectivity index (χ2v) is 13.4. The highest BCUT2D eigenvalue weighted by Gasteiger charge is 2.77. The fourth-order valence-electron chi connectivity index (χ4n) is 7.48. The smallest absolute Gasteiger partial charge is 0.269 e. The fraction of sp³-hybridized carbons (Fsp3) is 0.250. The van der Waals surface area contributed by atoms with Crippen molar-refractivity contribution in [1.82, 2.24) is 0 Å². The SMILES string of the molecule is O=C1[C@H]2[C@H](CC=C3[C@H]2C[C@@]2(Cl)C(=O)N(c4ccc(F)cc4)C(=O)[C@@]2(Cl)[C@H]3c2cc(Cl)ccc2O)C(=O)N1c1ccc([N+](=O)[O-])cc1. The summed E-state index contributed by atoms with van der Waals surface area (Å²) in [6, 6.07) is 13.7. The van der Waals surface area contributed by atoms with Crippen LogP contribution in [0.15, 0.2) is 78.4 Å². The van der Waals surface area contributed by atoms with E-state index in [4.69, 9.17) is 34.8 Å². The Kier molecular flexibility index (Phi) is 6.82. The quantitative estimate of drug-likeness (QED) is 0.119. The monoisotopic (exact) mass is 683 g/mol. The molecular weight excluding hydrogens is 664 g/mol. The van der Waals surface area contributed by atoms with E-state index < -0.39 is 67.8 Å². The second kappa shape index (κ2) is 10.3. The van der Waals surface area contributed by atoms with E-state index in [0.29, 0.717) is 5.57 Å². The number of non-ortho nitro benzene ring substituents is 1. The summed E-state index contributed by atoms with van der Waals surface area (Å²) >= 11 is 20.9. The molecule has 2 aliphatic carbocycles. The lowest BCUT2D eigenvalue weighted by Crippen LogP contribution is -2.60. The van der Waals surface area contributed by atoms with Gasteiger partial charge >= 0.3 is 0 Å². The molecule has 14 heteroatoms. The summed E-state index contributed by atoms with van der Waals surface area (Å²) in [6.45, 7) is 0. The summed E-state index contributed by atoms with van der Waals surface area (Å²) in [5.41, 5.74) is 0.453. The first-order chi connectivity index (χ1) is 21.8. The molecule has 1 saturated carbocycles. The van der Waals surface area contributed by atoms with Gasteiger partial charge in [-0.25, -0.2) is 9.29 Å². The van der Waals surface area contributed by atoms with Crippen LogP contribution in [0.5, 0.6) is 5.75 Å². The third-order valence-electron chi connectivity index (χ3n) is 9.52. The van der Waals surface area contributed by atoms with Gasteiger partial charge in [-0.3, -0.25) is 34.2 Å². The molecule has 2 aliphatic heterocycles. The highest BCUT2D eigenvalue weighted by atomic mass is 35.5. The Balaban J connectivity index is 1.38. The van der Waals surface area contributed by atoms with Crippen molar-refractivity contribution in [2.45, 2.75) is 28.5 Å². The van der Waals surface area contributed by atoms with Crippen LogP contribution in [0.4, 0.5) is 21.5 Å². The van der Waals surface area contributed by atoms with Crippen LogP contribution >= 0.6 is 34.8 Å². The summed E-state index contributed by atoms with van der Waals surface area (Å²) in [5, 5.41) is 22.4. The molecule has 4 amide bonds. The number of nitro groups is 1. The van der Waals surface area contributed by atoms with Crippen molar-refractivity contribution >= 4 is 75.5 Å². The van der Waals surface area contributed by atoms with Gasteiger partial charge in [-0.05, 0) is 73.4 Å². The number of imide groups is 2. The molecule has 1 N–H and O–H groups in total. The second-order valence-electron chi connectivity index (χ2n) is 11.7. The third kappa shape index (κ3) is 4.01. The molecular formula is C32H21Cl3FN3O7. The van der Waals surface area contributed by atoms with Crippen molar-refractivity contribution < 1.29 is 33.6 Å². The molecule has 0 radical (unpaired) electrons. The number of fused-ring (bicyclic) bond motifs is 4. The van der Waals surface area contributed by atoms with Crippen molar-refractivity contribution in [3.8, 4) is 5.75 Å². The van der Waals surface area contributed by atoms with Crippen LogP contribution in [0, 0.1) is 33.7 Å². The van der Waals surface area contributed by atoms with Crippen LogP contribution in [0.2, 0.25) is 5.02 Å². The Labute approximate surface area is 275 Å². The molecule has 2 heterocycles. The standard InChI is InChI=1S/C32H21Cl3FN3O7/c33-15-1-12-24(40)22(13-15)26-20-10-11-21-25(28(42)37(27(21)41)17-6-8-19(9-7-17)39(45)46)23(20)14-31(34)29(43)38(30(44)32(26,31)35)18-4-2-16(36)3-5-18/h1-10,12-13,21,23,25-26,40H,11,14H2/t21-,23+,25-,26+,31+,32-/m0/s1. The average Bonchev–Trinajstić information content (AvgIpc) is 3.37. The lowest BCUT2D eigenvalue weighted by Gasteiger charge is -2.50. The Hall–Kier alpha value is -4.32. The summed E-state index contributed by atoms with van der Waals surface area (Å²) in [5.74, 6) is -7.92. The summed E-state index contributed by atoms with van der Waals surface area (Å²) in [7, 11) is 0. The minimum Gasteiger partial charge on any atom is -0.508 e. The van der Waals surface area contributed by atoms with Gasteiger partial charge in [0.05, 0.1) is 28.1 Å². The number of carbonyl (C=O) groups excluding carboxylic acids is 4. The zero-order valence-electron chi connectivity index (χ0n) is 23.4. The van der Waals surface area contributed by atoms with Gasteiger partial charge in [-0.15, -0.1) is 23.2 Å². The van der Waals surface area contributed by atoms with E-state index in [1.165, 1.54) is 54.6 Å². The number of phenolic OH excluding ortho intramolecular Hbond substituents is 1. The molecule has 3 aromatic carbocycles. The lowest BCUT2D eigenvalue weighted by atomic mass is 9.56. The van der Waals surface area contributed by atoms with Gasteiger partial charge in [-0.2, -0.15) is 0 Å². The molecule has 234 valence electrons. The van der Waals surface area contributed by atoms with Crippen molar-refractivity contribution in [2.75, 3.05) is 9.80 Å². The number of nitro benzene ring substituents is 1. The number of nitrogens with zero attached hydrogens (tertiary/aromatic N) is 3.